The van der Waals surface area contributed by atoms with Crippen molar-refractivity contribution in [3.63, 3.8) is 0 Å². The van der Waals surface area contributed by atoms with E-state index in [9.17, 15) is 14.4 Å². The Morgan fingerprint density at radius 2 is 1.49 bits per heavy atom. The van der Waals surface area contributed by atoms with E-state index in [-0.39, 0.29) is 23.6 Å². The van der Waals surface area contributed by atoms with E-state index in [4.69, 9.17) is 0 Å². The summed E-state index contributed by atoms with van der Waals surface area (Å²) in [6, 6.07) is 29.1. The molecule has 6 rings (SSSR count). The monoisotopic (exact) mass is 673 g/mol. The number of ketones is 1. The van der Waals surface area contributed by atoms with E-state index >= 15 is 8.78 Å². The van der Waals surface area contributed by atoms with E-state index in [1.807, 2.05) is 49.5 Å². The molecule has 0 aliphatic rings. The summed E-state index contributed by atoms with van der Waals surface area (Å²) >= 11 is 1.31. The number of pyridine rings is 1. The lowest BCUT2D eigenvalue weighted by atomic mass is 10.00. The SMILES string of the molecule is C=CCNC(=O)c1ccc(-c2sc3c(c2CN(C)Cc2ccccc2)c(=O)c(C(=O)c2ccccc2)cn3Cc2c(F)cccc2F)cc1. The van der Waals surface area contributed by atoms with Crippen LogP contribution in [0.25, 0.3) is 20.7 Å². The number of carbonyl (C=O) groups excluding carboxylic acids is 2. The minimum absolute atomic E-state index is 0.0963. The van der Waals surface area contributed by atoms with Crippen molar-refractivity contribution in [1.82, 2.24) is 14.8 Å². The van der Waals surface area contributed by atoms with E-state index in [1.54, 1.807) is 53.1 Å². The van der Waals surface area contributed by atoms with Crippen LogP contribution in [0.3, 0.4) is 0 Å². The molecule has 246 valence electrons. The van der Waals surface area contributed by atoms with Gasteiger partial charge in [0.05, 0.1) is 17.5 Å². The van der Waals surface area contributed by atoms with Crippen LogP contribution in [0.1, 0.15) is 43.0 Å². The molecule has 9 heteroatoms. The number of nitrogens with zero attached hydrogens (tertiary/aromatic N) is 2. The Morgan fingerprint density at radius 3 is 2.14 bits per heavy atom. The molecule has 6 aromatic rings. The number of aromatic nitrogens is 1. The highest BCUT2D eigenvalue weighted by molar-refractivity contribution is 7.22. The first-order valence-corrected chi connectivity index (χ1v) is 16.5. The molecule has 4 aromatic carbocycles. The summed E-state index contributed by atoms with van der Waals surface area (Å²) < 4.78 is 31.6. The fourth-order valence-electron chi connectivity index (χ4n) is 5.82. The van der Waals surface area contributed by atoms with Crippen molar-refractivity contribution in [2.24, 2.45) is 0 Å². The first-order valence-electron chi connectivity index (χ1n) is 15.7. The number of rotatable bonds is 12. The first kappa shape index (κ1) is 33.4. The van der Waals surface area contributed by atoms with Gasteiger partial charge in [-0.3, -0.25) is 19.3 Å². The van der Waals surface area contributed by atoms with Gasteiger partial charge in [0.15, 0.2) is 5.78 Å². The van der Waals surface area contributed by atoms with Crippen molar-refractivity contribution in [3.05, 3.63) is 177 Å². The van der Waals surface area contributed by atoms with Crippen LogP contribution < -0.4 is 10.7 Å². The Balaban J connectivity index is 1.57. The van der Waals surface area contributed by atoms with Crippen LogP contribution in [-0.4, -0.2) is 34.7 Å². The summed E-state index contributed by atoms with van der Waals surface area (Å²) in [6.07, 6.45) is 3.01. The number of hydrogen-bond acceptors (Lipinski definition) is 5. The van der Waals surface area contributed by atoms with E-state index in [2.05, 4.69) is 16.8 Å². The van der Waals surface area contributed by atoms with Crippen LogP contribution in [0.4, 0.5) is 8.78 Å². The third kappa shape index (κ3) is 7.18. The smallest absolute Gasteiger partial charge is 0.251 e. The zero-order valence-corrected chi connectivity index (χ0v) is 27.6. The molecule has 0 spiro atoms. The molecule has 1 N–H and O–H groups in total. The second-order valence-electron chi connectivity index (χ2n) is 11.7. The standard InChI is InChI=1S/C40H33F2N3O3S/c1-3-21-43-39(48)29-19-17-28(18-20-29)38-31(23-44(2)22-26-11-6-4-7-12-26)35-37(47)32(36(46)27-13-8-5-9-14-27)25-45(40(35)49-38)24-30-33(41)15-10-16-34(30)42/h3-20,25H,1,21-24H2,2H3,(H,43,48). The molecule has 1 amide bonds. The van der Waals surface area contributed by atoms with Gasteiger partial charge in [-0.1, -0.05) is 84.9 Å². The topological polar surface area (TPSA) is 71.4 Å². The number of nitrogens with one attached hydrogen (secondary N) is 1. The summed E-state index contributed by atoms with van der Waals surface area (Å²) in [5, 5.41) is 3.08. The first-order chi connectivity index (χ1) is 23.7. The Bertz CT molecular complexity index is 2190. The number of benzene rings is 4. The summed E-state index contributed by atoms with van der Waals surface area (Å²) in [4.78, 5) is 44.2. The van der Waals surface area contributed by atoms with Crippen LogP contribution in [0, 0.1) is 11.6 Å². The summed E-state index contributed by atoms with van der Waals surface area (Å²) in [5.74, 6) is -2.19. The van der Waals surface area contributed by atoms with Gasteiger partial charge in [-0.25, -0.2) is 8.78 Å². The Hall–Kier alpha value is -5.51. The molecule has 0 aliphatic heterocycles. The van der Waals surface area contributed by atoms with E-state index in [0.29, 0.717) is 46.5 Å². The van der Waals surface area contributed by atoms with Gasteiger partial charge in [-0.05, 0) is 48.0 Å². The molecule has 0 unspecified atom stereocenters. The summed E-state index contributed by atoms with van der Waals surface area (Å²) in [7, 11) is 1.94. The highest BCUT2D eigenvalue weighted by atomic mass is 32.1. The molecule has 0 saturated carbocycles. The van der Waals surface area contributed by atoms with Gasteiger partial charge in [0.2, 0.25) is 5.43 Å². The third-order valence-electron chi connectivity index (χ3n) is 8.22. The molecule has 0 radical (unpaired) electrons. The highest BCUT2D eigenvalue weighted by Crippen LogP contribution is 2.39. The predicted molar refractivity (Wildman–Crippen MR) is 191 cm³/mol. The van der Waals surface area contributed by atoms with Crippen LogP contribution in [-0.2, 0) is 19.6 Å². The van der Waals surface area contributed by atoms with Gasteiger partial charge < -0.3 is 9.88 Å². The number of amides is 1. The predicted octanol–water partition coefficient (Wildman–Crippen LogP) is 7.84. The van der Waals surface area contributed by atoms with Crippen molar-refractivity contribution in [2.75, 3.05) is 13.6 Å². The number of halogens is 2. The molecule has 2 aromatic heterocycles. The Kier molecular flexibility index (Phi) is 10.0. The maximum Gasteiger partial charge on any atom is 0.251 e. The molecule has 2 heterocycles. The largest absolute Gasteiger partial charge is 0.349 e. The zero-order chi connectivity index (χ0) is 34.5. The lowest BCUT2D eigenvalue weighted by Gasteiger charge is -2.18. The van der Waals surface area contributed by atoms with Crippen molar-refractivity contribution in [3.8, 4) is 10.4 Å². The molecular formula is C40H33F2N3O3S. The highest BCUT2D eigenvalue weighted by Gasteiger charge is 2.26. The van der Waals surface area contributed by atoms with Crippen LogP contribution in [0.2, 0.25) is 0 Å². The number of thiophene rings is 1. The fourth-order valence-corrected chi connectivity index (χ4v) is 7.11. The molecule has 0 atom stereocenters. The maximum atomic E-state index is 15.0. The second kappa shape index (κ2) is 14.7. The molecule has 0 aliphatic carbocycles. The number of carbonyl (C=O) groups is 2. The van der Waals surface area contributed by atoms with Crippen LogP contribution in [0.5, 0.6) is 0 Å². The van der Waals surface area contributed by atoms with Crippen LogP contribution in [0.15, 0.2) is 127 Å². The van der Waals surface area contributed by atoms with Gasteiger partial charge in [0.1, 0.15) is 16.5 Å². The average molecular weight is 674 g/mol. The lowest BCUT2D eigenvalue weighted by molar-refractivity contribution is 0.0957. The normalized spacial score (nSPS) is 11.2. The third-order valence-corrected chi connectivity index (χ3v) is 9.53. The van der Waals surface area contributed by atoms with E-state index in [1.165, 1.54) is 35.7 Å². The van der Waals surface area contributed by atoms with Crippen molar-refractivity contribution < 1.29 is 18.4 Å². The molecule has 0 fully saturated rings. The van der Waals surface area contributed by atoms with Crippen molar-refractivity contribution in [1.29, 1.82) is 0 Å². The molecule has 49 heavy (non-hydrogen) atoms. The van der Waals surface area contributed by atoms with E-state index < -0.39 is 22.8 Å². The average Bonchev–Trinajstić information content (AvgIpc) is 3.49. The van der Waals surface area contributed by atoms with Gasteiger partial charge in [-0.2, -0.15) is 0 Å². The quantitative estimate of drug-likeness (QED) is 0.106. The summed E-state index contributed by atoms with van der Waals surface area (Å²) in [5.41, 5.74) is 2.56. The number of hydrogen-bond donors (Lipinski definition) is 1. The van der Waals surface area contributed by atoms with Crippen LogP contribution >= 0.6 is 11.3 Å². The fraction of sp³-hybridized carbons (Fsp3) is 0.125. The Morgan fingerprint density at radius 1 is 0.837 bits per heavy atom. The maximum absolute atomic E-state index is 15.0. The molecule has 0 saturated heterocycles. The zero-order valence-electron chi connectivity index (χ0n) is 26.8. The minimum Gasteiger partial charge on any atom is -0.349 e. The molecule has 6 nitrogen and oxygen atoms in total. The van der Waals surface area contributed by atoms with Crippen molar-refractivity contribution >= 4 is 33.2 Å². The second-order valence-corrected chi connectivity index (χ2v) is 12.7. The van der Waals surface area contributed by atoms with Gasteiger partial charge in [0, 0.05) is 47.4 Å². The lowest BCUT2D eigenvalue weighted by Crippen LogP contribution is -2.23. The molecular weight excluding hydrogens is 641 g/mol. The summed E-state index contributed by atoms with van der Waals surface area (Å²) in [6.45, 7) is 4.63. The van der Waals surface area contributed by atoms with Gasteiger partial charge >= 0.3 is 0 Å². The Labute approximate surface area is 286 Å². The number of fused-ring (bicyclic) bond motifs is 1. The minimum atomic E-state index is -0.729. The molecule has 0 bridgehead atoms. The van der Waals surface area contributed by atoms with E-state index in [0.717, 1.165) is 16.0 Å². The van der Waals surface area contributed by atoms with Crippen molar-refractivity contribution in [2.45, 2.75) is 19.6 Å². The van der Waals surface area contributed by atoms with Gasteiger partial charge in [0.25, 0.3) is 5.91 Å². The van der Waals surface area contributed by atoms with Gasteiger partial charge in [-0.15, -0.1) is 17.9 Å².